The summed E-state index contributed by atoms with van der Waals surface area (Å²) in [5.41, 5.74) is 7.22. The Kier molecular flexibility index (Phi) is 4.39. The molecule has 1 aliphatic rings. The lowest BCUT2D eigenvalue weighted by molar-refractivity contribution is 0.219. The van der Waals surface area contributed by atoms with Crippen molar-refractivity contribution in [1.82, 2.24) is 4.72 Å². The van der Waals surface area contributed by atoms with E-state index < -0.39 is 10.0 Å². The first-order valence-corrected chi connectivity index (χ1v) is 8.67. The lowest BCUT2D eigenvalue weighted by atomic mass is 9.76. The van der Waals surface area contributed by atoms with Crippen molar-refractivity contribution in [1.29, 1.82) is 0 Å². The molecular formula is C15H24N2O2S. The van der Waals surface area contributed by atoms with Gasteiger partial charge in [0.25, 0.3) is 0 Å². The zero-order valence-corrected chi connectivity index (χ0v) is 13.1. The van der Waals surface area contributed by atoms with Crippen molar-refractivity contribution in [3.05, 3.63) is 23.8 Å². The maximum atomic E-state index is 12.3. The van der Waals surface area contributed by atoms with Gasteiger partial charge in [0.05, 0.1) is 4.90 Å². The molecule has 1 fully saturated rings. The molecule has 0 atom stereocenters. The largest absolute Gasteiger partial charge is 0.399 e. The number of nitrogens with two attached hydrogens (primary N) is 1. The molecule has 0 heterocycles. The third-order valence-corrected chi connectivity index (χ3v) is 5.70. The summed E-state index contributed by atoms with van der Waals surface area (Å²) in [6.45, 7) is 4.50. The Morgan fingerprint density at radius 3 is 2.50 bits per heavy atom. The molecule has 0 amide bonds. The van der Waals surface area contributed by atoms with Crippen LogP contribution in [0.25, 0.3) is 0 Å². The molecule has 2 rings (SSSR count). The standard InChI is InChI=1S/C15H24N2O2S/c1-12-10-13(6-7-14(12)16)20(18,19)17-11-15(2)8-4-3-5-9-15/h6-7,10,17H,3-5,8-9,11,16H2,1-2H3. The molecule has 1 aliphatic carbocycles. The van der Waals surface area contributed by atoms with Crippen LogP contribution in [0.5, 0.6) is 0 Å². The fraction of sp³-hybridized carbons (Fsp3) is 0.600. The summed E-state index contributed by atoms with van der Waals surface area (Å²) in [4.78, 5) is 0.295. The van der Waals surface area contributed by atoms with Gasteiger partial charge >= 0.3 is 0 Å². The Morgan fingerprint density at radius 2 is 1.90 bits per heavy atom. The van der Waals surface area contributed by atoms with Crippen LogP contribution in [-0.4, -0.2) is 15.0 Å². The Bertz CT molecular complexity index is 576. The first-order valence-electron chi connectivity index (χ1n) is 7.18. The van der Waals surface area contributed by atoms with Crippen molar-refractivity contribution in [3.8, 4) is 0 Å². The Balaban J connectivity index is 2.09. The van der Waals surface area contributed by atoms with Crippen LogP contribution in [0.15, 0.2) is 23.1 Å². The molecule has 3 N–H and O–H groups in total. The van der Waals surface area contributed by atoms with E-state index >= 15 is 0 Å². The summed E-state index contributed by atoms with van der Waals surface area (Å²) in [6.07, 6.45) is 5.84. The van der Waals surface area contributed by atoms with E-state index in [0.29, 0.717) is 17.1 Å². The normalized spacial score (nSPS) is 18.9. The first kappa shape index (κ1) is 15.3. The van der Waals surface area contributed by atoms with Crippen LogP contribution >= 0.6 is 0 Å². The van der Waals surface area contributed by atoms with Crippen LogP contribution in [0.1, 0.15) is 44.6 Å². The average Bonchev–Trinajstić information content (AvgIpc) is 2.41. The van der Waals surface area contributed by atoms with Gasteiger partial charge in [0.1, 0.15) is 0 Å². The fourth-order valence-corrected chi connectivity index (χ4v) is 4.03. The van der Waals surface area contributed by atoms with E-state index in [1.54, 1.807) is 18.2 Å². The number of nitrogen functional groups attached to an aromatic ring is 1. The third-order valence-electron chi connectivity index (χ3n) is 4.30. The van der Waals surface area contributed by atoms with Gasteiger partial charge in [-0.15, -0.1) is 0 Å². The third kappa shape index (κ3) is 3.52. The van der Waals surface area contributed by atoms with E-state index in [0.717, 1.165) is 18.4 Å². The van der Waals surface area contributed by atoms with Crippen LogP contribution in [0.4, 0.5) is 5.69 Å². The van der Waals surface area contributed by atoms with Gasteiger partial charge in [0, 0.05) is 12.2 Å². The molecule has 112 valence electrons. The second kappa shape index (κ2) is 5.74. The molecule has 0 spiro atoms. The van der Waals surface area contributed by atoms with Crippen molar-refractivity contribution in [2.24, 2.45) is 5.41 Å². The Labute approximate surface area is 121 Å². The van der Waals surface area contributed by atoms with Crippen molar-refractivity contribution in [2.45, 2.75) is 50.8 Å². The number of hydrogen-bond acceptors (Lipinski definition) is 3. The number of benzene rings is 1. The maximum Gasteiger partial charge on any atom is 0.240 e. The summed E-state index contributed by atoms with van der Waals surface area (Å²) in [5, 5.41) is 0. The van der Waals surface area contributed by atoms with Crippen LogP contribution in [0, 0.1) is 12.3 Å². The highest BCUT2D eigenvalue weighted by molar-refractivity contribution is 7.89. The molecule has 0 bridgehead atoms. The smallest absolute Gasteiger partial charge is 0.240 e. The molecule has 1 saturated carbocycles. The van der Waals surface area contributed by atoms with Crippen LogP contribution < -0.4 is 10.5 Å². The van der Waals surface area contributed by atoms with Crippen LogP contribution in [0.2, 0.25) is 0 Å². The first-order chi connectivity index (χ1) is 9.32. The minimum atomic E-state index is -3.44. The summed E-state index contributed by atoms with van der Waals surface area (Å²) in [7, 11) is -3.44. The molecule has 0 saturated heterocycles. The number of nitrogens with one attached hydrogen (secondary N) is 1. The predicted molar refractivity (Wildman–Crippen MR) is 82.0 cm³/mol. The Morgan fingerprint density at radius 1 is 1.25 bits per heavy atom. The number of anilines is 1. The van der Waals surface area contributed by atoms with Gasteiger partial charge in [0.15, 0.2) is 0 Å². The van der Waals surface area contributed by atoms with E-state index in [9.17, 15) is 8.42 Å². The van der Waals surface area contributed by atoms with Crippen molar-refractivity contribution in [3.63, 3.8) is 0 Å². The topological polar surface area (TPSA) is 72.2 Å². The van der Waals surface area contributed by atoms with Gasteiger partial charge in [-0.05, 0) is 48.9 Å². The van der Waals surface area contributed by atoms with E-state index in [1.165, 1.54) is 19.3 Å². The van der Waals surface area contributed by atoms with Gasteiger partial charge in [-0.2, -0.15) is 0 Å². The number of aryl methyl sites for hydroxylation is 1. The molecule has 1 aromatic carbocycles. The number of rotatable bonds is 4. The molecule has 5 heteroatoms. The van der Waals surface area contributed by atoms with Gasteiger partial charge in [-0.3, -0.25) is 0 Å². The molecular weight excluding hydrogens is 272 g/mol. The second-order valence-electron chi connectivity index (χ2n) is 6.21. The van der Waals surface area contributed by atoms with E-state index in [4.69, 9.17) is 5.73 Å². The molecule has 0 unspecified atom stereocenters. The molecule has 20 heavy (non-hydrogen) atoms. The highest BCUT2D eigenvalue weighted by Gasteiger charge is 2.28. The van der Waals surface area contributed by atoms with Gasteiger partial charge in [-0.25, -0.2) is 13.1 Å². The second-order valence-corrected chi connectivity index (χ2v) is 7.98. The zero-order valence-electron chi connectivity index (χ0n) is 12.3. The number of sulfonamides is 1. The molecule has 0 aromatic heterocycles. The molecule has 4 nitrogen and oxygen atoms in total. The SMILES string of the molecule is Cc1cc(S(=O)(=O)NCC2(C)CCCCC2)ccc1N. The number of hydrogen-bond donors (Lipinski definition) is 2. The minimum Gasteiger partial charge on any atom is -0.399 e. The highest BCUT2D eigenvalue weighted by Crippen LogP contribution is 2.35. The van der Waals surface area contributed by atoms with Gasteiger partial charge in [0.2, 0.25) is 10.0 Å². The van der Waals surface area contributed by atoms with Crippen molar-refractivity contribution in [2.75, 3.05) is 12.3 Å². The highest BCUT2D eigenvalue weighted by atomic mass is 32.2. The maximum absolute atomic E-state index is 12.3. The average molecular weight is 296 g/mol. The predicted octanol–water partition coefficient (Wildman–Crippen LogP) is 2.83. The van der Waals surface area contributed by atoms with Crippen LogP contribution in [-0.2, 0) is 10.0 Å². The summed E-state index contributed by atoms with van der Waals surface area (Å²) >= 11 is 0. The van der Waals surface area contributed by atoms with Crippen LogP contribution in [0.3, 0.4) is 0 Å². The monoisotopic (exact) mass is 296 g/mol. The van der Waals surface area contributed by atoms with E-state index in [-0.39, 0.29) is 5.41 Å². The lowest BCUT2D eigenvalue weighted by Gasteiger charge is -2.33. The van der Waals surface area contributed by atoms with Crippen molar-refractivity contribution >= 4 is 15.7 Å². The summed E-state index contributed by atoms with van der Waals surface area (Å²) in [5.74, 6) is 0. The lowest BCUT2D eigenvalue weighted by Crippen LogP contribution is -2.37. The summed E-state index contributed by atoms with van der Waals surface area (Å²) < 4.78 is 27.4. The summed E-state index contributed by atoms with van der Waals surface area (Å²) in [6, 6.07) is 4.83. The quantitative estimate of drug-likeness (QED) is 0.839. The molecule has 1 aromatic rings. The van der Waals surface area contributed by atoms with Gasteiger partial charge < -0.3 is 5.73 Å². The fourth-order valence-electron chi connectivity index (χ4n) is 2.75. The van der Waals surface area contributed by atoms with E-state index in [2.05, 4.69) is 11.6 Å². The molecule has 0 aliphatic heterocycles. The zero-order chi connectivity index (χ0) is 14.8. The molecule has 0 radical (unpaired) electrons. The van der Waals surface area contributed by atoms with Gasteiger partial charge in [-0.1, -0.05) is 26.2 Å². The minimum absolute atomic E-state index is 0.0914. The Hall–Kier alpha value is -1.07. The van der Waals surface area contributed by atoms with Crippen molar-refractivity contribution < 1.29 is 8.42 Å². The van der Waals surface area contributed by atoms with E-state index in [1.807, 2.05) is 6.92 Å².